The van der Waals surface area contributed by atoms with E-state index in [1.165, 1.54) is 0 Å². The first kappa shape index (κ1) is 16.4. The Morgan fingerprint density at radius 2 is 1.82 bits per heavy atom. The van der Waals surface area contributed by atoms with E-state index in [0.717, 1.165) is 48.9 Å². The molecule has 2 aliphatic rings. The molecule has 4 heteroatoms. The van der Waals surface area contributed by atoms with E-state index < -0.39 is 7.94 Å². The first-order valence-corrected chi connectivity index (χ1v) is 9.94. The highest BCUT2D eigenvalue weighted by Crippen LogP contribution is 2.56. The predicted molar refractivity (Wildman–Crippen MR) is 88.9 cm³/mol. The normalized spacial score (nSPS) is 32.5. The van der Waals surface area contributed by atoms with E-state index >= 15 is 0 Å². The van der Waals surface area contributed by atoms with Crippen molar-refractivity contribution in [3.05, 3.63) is 29.8 Å². The van der Waals surface area contributed by atoms with Crippen molar-refractivity contribution in [2.75, 3.05) is 6.61 Å². The number of benzene rings is 1. The molecule has 0 bridgehead atoms. The van der Waals surface area contributed by atoms with Crippen LogP contribution in [0.1, 0.15) is 52.0 Å². The van der Waals surface area contributed by atoms with E-state index in [0.29, 0.717) is 12.0 Å². The van der Waals surface area contributed by atoms with Crippen LogP contribution in [0.25, 0.3) is 0 Å². The molecule has 1 heterocycles. The molecule has 3 rings (SSSR count). The molecule has 1 aromatic rings. The highest BCUT2D eigenvalue weighted by Gasteiger charge is 2.43. The molecule has 122 valence electrons. The molecule has 1 fully saturated rings. The van der Waals surface area contributed by atoms with E-state index in [2.05, 4.69) is 20.8 Å². The third-order valence-electron chi connectivity index (χ3n) is 5.11. The Balaban J connectivity index is 1.67. The predicted octanol–water partition coefficient (Wildman–Crippen LogP) is 3.63. The van der Waals surface area contributed by atoms with Gasteiger partial charge in [-0.25, -0.2) is 9.05 Å². The van der Waals surface area contributed by atoms with Gasteiger partial charge in [0.15, 0.2) is 5.30 Å². The largest absolute Gasteiger partial charge is 0.627 e. The summed E-state index contributed by atoms with van der Waals surface area (Å²) in [7, 11) is -3.13. The fourth-order valence-corrected chi connectivity index (χ4v) is 5.71. The van der Waals surface area contributed by atoms with Crippen LogP contribution in [-0.2, 0) is 15.5 Å². The molecular formula is C18H27O3P. The average Bonchev–Trinajstić information content (AvgIpc) is 2.47. The number of fused-ring (bicyclic) bond motifs is 1. The van der Waals surface area contributed by atoms with Crippen molar-refractivity contribution in [3.8, 4) is 0 Å². The van der Waals surface area contributed by atoms with Crippen molar-refractivity contribution in [2.24, 2.45) is 11.3 Å². The monoisotopic (exact) mass is 322 g/mol. The minimum atomic E-state index is -3.13. The molecule has 0 radical (unpaired) electrons. The Labute approximate surface area is 134 Å². The molecule has 1 aromatic carbocycles. The molecule has 0 saturated heterocycles. The second-order valence-corrected chi connectivity index (χ2v) is 9.60. The van der Waals surface area contributed by atoms with Crippen molar-refractivity contribution in [1.29, 1.82) is 0 Å². The number of hydrogen-bond acceptors (Lipinski definition) is 3. The Kier molecular flexibility index (Phi) is 4.62. The number of hydrogen-bond donors (Lipinski definition) is 0. The second-order valence-electron chi connectivity index (χ2n) is 7.65. The summed E-state index contributed by atoms with van der Waals surface area (Å²) in [4.78, 5) is 13.2. The summed E-state index contributed by atoms with van der Waals surface area (Å²) in [6.45, 7) is 7.41. The average molecular weight is 322 g/mol. The molecule has 3 nitrogen and oxygen atoms in total. The molecule has 22 heavy (non-hydrogen) atoms. The molecule has 1 aliphatic heterocycles. The Morgan fingerprint density at radius 1 is 1.14 bits per heavy atom. The van der Waals surface area contributed by atoms with E-state index in [9.17, 15) is 4.89 Å². The van der Waals surface area contributed by atoms with Crippen LogP contribution in [0.5, 0.6) is 0 Å². The zero-order valence-corrected chi connectivity index (χ0v) is 14.8. The third-order valence-corrected chi connectivity index (χ3v) is 7.23. The lowest BCUT2D eigenvalue weighted by atomic mass is 9.72. The van der Waals surface area contributed by atoms with Crippen LogP contribution in [0.3, 0.4) is 0 Å². The summed E-state index contributed by atoms with van der Waals surface area (Å²) < 4.78 is 11.7. The Bertz CT molecular complexity index is 517. The van der Waals surface area contributed by atoms with E-state index in [-0.39, 0.29) is 6.10 Å². The van der Waals surface area contributed by atoms with Gasteiger partial charge in [0.25, 0.3) is 7.94 Å². The van der Waals surface area contributed by atoms with Crippen LogP contribution < -0.4 is 10.2 Å². The zero-order valence-electron chi connectivity index (χ0n) is 13.9. The molecule has 0 amide bonds. The SMILES string of the molecule is CC(C)(C)C1CCC(O[P+]2([O-])OCCc3ccccc32)CC1. The van der Waals surface area contributed by atoms with Crippen LogP contribution in [0.15, 0.2) is 24.3 Å². The lowest BCUT2D eigenvalue weighted by Gasteiger charge is -2.39. The molecule has 0 N–H and O–H groups in total. The van der Waals surface area contributed by atoms with Gasteiger partial charge in [-0.15, -0.1) is 0 Å². The topological polar surface area (TPSA) is 41.5 Å². The van der Waals surface area contributed by atoms with Gasteiger partial charge in [0.1, 0.15) is 6.10 Å². The quantitative estimate of drug-likeness (QED) is 0.781. The van der Waals surface area contributed by atoms with Gasteiger partial charge in [-0.05, 0) is 43.1 Å². The molecule has 0 aromatic heterocycles. The maximum absolute atomic E-state index is 13.2. The number of rotatable bonds is 2. The van der Waals surface area contributed by atoms with Crippen molar-refractivity contribution in [2.45, 2.75) is 59.0 Å². The fraction of sp³-hybridized carbons (Fsp3) is 0.667. The third kappa shape index (κ3) is 3.38. The van der Waals surface area contributed by atoms with Gasteiger partial charge in [-0.2, -0.15) is 0 Å². The highest BCUT2D eigenvalue weighted by molar-refractivity contribution is 7.67. The van der Waals surface area contributed by atoms with Crippen molar-refractivity contribution < 1.29 is 13.9 Å². The van der Waals surface area contributed by atoms with E-state index in [1.807, 2.05) is 24.3 Å². The molecule has 1 atom stereocenters. The zero-order chi connectivity index (χ0) is 15.8. The molecule has 0 spiro atoms. The summed E-state index contributed by atoms with van der Waals surface area (Å²) >= 11 is 0. The maximum atomic E-state index is 13.2. The summed E-state index contributed by atoms with van der Waals surface area (Å²) in [5.41, 5.74) is 1.46. The van der Waals surface area contributed by atoms with Crippen molar-refractivity contribution in [3.63, 3.8) is 0 Å². The van der Waals surface area contributed by atoms with E-state index in [4.69, 9.17) is 9.05 Å². The summed E-state index contributed by atoms with van der Waals surface area (Å²) in [5, 5.41) is 0.777. The van der Waals surface area contributed by atoms with Crippen LogP contribution >= 0.6 is 7.94 Å². The lowest BCUT2D eigenvalue weighted by Crippen LogP contribution is -2.37. The van der Waals surface area contributed by atoms with Gasteiger partial charge >= 0.3 is 0 Å². The van der Waals surface area contributed by atoms with Crippen molar-refractivity contribution >= 4 is 13.2 Å². The van der Waals surface area contributed by atoms with Gasteiger partial charge in [-0.1, -0.05) is 39.0 Å². The van der Waals surface area contributed by atoms with Crippen molar-refractivity contribution in [1.82, 2.24) is 0 Å². The first-order chi connectivity index (χ1) is 10.4. The van der Waals surface area contributed by atoms with Gasteiger partial charge in [-0.3, -0.25) is 0 Å². The Hall–Kier alpha value is -0.470. The van der Waals surface area contributed by atoms with Crippen LogP contribution in [0, 0.1) is 11.3 Å². The minimum Gasteiger partial charge on any atom is -0.627 e. The van der Waals surface area contributed by atoms with Gasteiger partial charge < -0.3 is 4.89 Å². The van der Waals surface area contributed by atoms with Gasteiger partial charge in [0.05, 0.1) is 6.61 Å². The van der Waals surface area contributed by atoms with E-state index in [1.54, 1.807) is 0 Å². The van der Waals surface area contributed by atoms with Gasteiger partial charge in [0.2, 0.25) is 0 Å². The van der Waals surface area contributed by atoms with Gasteiger partial charge in [0, 0.05) is 12.0 Å². The Morgan fingerprint density at radius 3 is 2.50 bits per heavy atom. The molecule has 1 saturated carbocycles. The summed E-state index contributed by atoms with van der Waals surface area (Å²) in [5.74, 6) is 0.729. The lowest BCUT2D eigenvalue weighted by molar-refractivity contribution is -0.220. The molecular weight excluding hydrogens is 295 g/mol. The minimum absolute atomic E-state index is 0.0654. The highest BCUT2D eigenvalue weighted by atomic mass is 31.2. The summed E-state index contributed by atoms with van der Waals surface area (Å²) in [6, 6.07) is 7.84. The summed E-state index contributed by atoms with van der Waals surface area (Å²) in [6.07, 6.45) is 5.15. The maximum Gasteiger partial charge on any atom is 0.271 e. The smallest absolute Gasteiger partial charge is 0.271 e. The fourth-order valence-electron chi connectivity index (χ4n) is 3.65. The first-order valence-electron chi connectivity index (χ1n) is 8.40. The second kappa shape index (κ2) is 6.20. The van der Waals surface area contributed by atoms with Crippen LogP contribution in [-0.4, -0.2) is 12.7 Å². The van der Waals surface area contributed by atoms with Crippen LogP contribution in [0.2, 0.25) is 0 Å². The van der Waals surface area contributed by atoms with Crippen LogP contribution in [0.4, 0.5) is 0 Å². The molecule has 1 unspecified atom stereocenters. The molecule has 1 aliphatic carbocycles. The standard InChI is InChI=1S/C18H27O3P/c1-18(2,3)15-8-10-16(11-9-15)21-22(19)17-7-5-4-6-14(17)12-13-20-22/h4-7,15-16H,8-13H2,1-3H3.